The predicted molar refractivity (Wildman–Crippen MR) is 126 cm³/mol. The number of thiophene rings is 1. The van der Waals surface area contributed by atoms with Crippen molar-refractivity contribution in [2.45, 2.75) is 38.3 Å². The lowest BCUT2D eigenvalue weighted by molar-refractivity contribution is -0.121. The summed E-state index contributed by atoms with van der Waals surface area (Å²) in [7, 11) is 2.14. The number of aryl methyl sites for hydroxylation is 1. The van der Waals surface area contributed by atoms with Gasteiger partial charge in [-0.15, -0.1) is 0 Å². The molecule has 9 heteroatoms. The molecule has 0 unspecified atom stereocenters. The monoisotopic (exact) mass is 470 g/mol. The van der Waals surface area contributed by atoms with E-state index in [4.69, 9.17) is 14.0 Å². The number of benzene rings is 1. The van der Waals surface area contributed by atoms with Gasteiger partial charge in [-0.25, -0.2) is 0 Å². The number of amides is 1. The maximum Gasteiger partial charge on any atom is 0.227 e. The van der Waals surface area contributed by atoms with E-state index in [1.54, 1.807) is 11.3 Å². The maximum absolute atomic E-state index is 12.3. The van der Waals surface area contributed by atoms with Gasteiger partial charge in [0.2, 0.25) is 17.6 Å². The second-order valence-electron chi connectivity index (χ2n) is 8.12. The number of carbonyl (C=O) groups excluding carboxylic acids is 1. The summed E-state index contributed by atoms with van der Waals surface area (Å²) in [6, 6.07) is 10.4. The van der Waals surface area contributed by atoms with Gasteiger partial charge in [-0.1, -0.05) is 17.3 Å². The number of hydrogen-bond acceptors (Lipinski definition) is 8. The normalized spacial score (nSPS) is 14.5. The third-order valence-electron chi connectivity index (χ3n) is 5.73. The van der Waals surface area contributed by atoms with E-state index < -0.39 is 0 Å². The minimum Gasteiger partial charge on any atom is -0.492 e. The van der Waals surface area contributed by atoms with Crippen LogP contribution in [0.2, 0.25) is 0 Å². The van der Waals surface area contributed by atoms with Gasteiger partial charge < -0.3 is 19.3 Å². The molecule has 0 spiro atoms. The fraction of sp³-hybridized carbons (Fsp3) is 0.458. The molecule has 0 saturated carbocycles. The second kappa shape index (κ2) is 11.9. The lowest BCUT2D eigenvalue weighted by Gasteiger charge is -2.31. The largest absolute Gasteiger partial charge is 0.492 e. The SMILES string of the molecule is CN(CCOc1cccc(CNC(=O)CCc2nc(-c3ccsc3)no2)c1)C1CCOCC1. The van der Waals surface area contributed by atoms with Gasteiger partial charge in [0.25, 0.3) is 0 Å². The van der Waals surface area contributed by atoms with Crippen molar-refractivity contribution in [2.24, 2.45) is 0 Å². The molecule has 0 atom stereocenters. The van der Waals surface area contributed by atoms with Gasteiger partial charge in [0.1, 0.15) is 12.4 Å². The van der Waals surface area contributed by atoms with E-state index in [0.717, 1.165) is 49.5 Å². The summed E-state index contributed by atoms with van der Waals surface area (Å²) in [6.45, 7) is 3.63. The number of hydrogen-bond donors (Lipinski definition) is 1. The van der Waals surface area contributed by atoms with Crippen molar-refractivity contribution in [3.63, 3.8) is 0 Å². The molecule has 1 aromatic carbocycles. The first-order valence-electron chi connectivity index (χ1n) is 11.3. The predicted octanol–water partition coefficient (Wildman–Crippen LogP) is 3.54. The molecule has 0 aliphatic carbocycles. The van der Waals surface area contributed by atoms with Crippen LogP contribution in [0.3, 0.4) is 0 Å². The summed E-state index contributed by atoms with van der Waals surface area (Å²) in [5.74, 6) is 1.78. The molecular weight excluding hydrogens is 440 g/mol. The van der Waals surface area contributed by atoms with E-state index >= 15 is 0 Å². The lowest BCUT2D eigenvalue weighted by Crippen LogP contribution is -2.38. The minimum absolute atomic E-state index is 0.0605. The molecular formula is C24H30N4O4S. The Hall–Kier alpha value is -2.75. The Labute approximate surface area is 197 Å². The molecule has 33 heavy (non-hydrogen) atoms. The Morgan fingerprint density at radius 2 is 2.18 bits per heavy atom. The molecule has 0 bridgehead atoms. The number of nitrogens with zero attached hydrogens (tertiary/aromatic N) is 3. The van der Waals surface area contributed by atoms with Gasteiger partial charge in [0, 0.05) is 56.1 Å². The fourth-order valence-electron chi connectivity index (χ4n) is 3.74. The van der Waals surface area contributed by atoms with Crippen LogP contribution in [0.25, 0.3) is 11.4 Å². The van der Waals surface area contributed by atoms with Gasteiger partial charge >= 0.3 is 0 Å². The Morgan fingerprint density at radius 1 is 1.30 bits per heavy atom. The first-order chi connectivity index (χ1) is 16.2. The van der Waals surface area contributed by atoms with Crippen LogP contribution in [-0.4, -0.2) is 60.4 Å². The number of ether oxygens (including phenoxy) is 2. The second-order valence-corrected chi connectivity index (χ2v) is 8.90. The molecule has 0 radical (unpaired) electrons. The topological polar surface area (TPSA) is 89.7 Å². The van der Waals surface area contributed by atoms with Crippen molar-refractivity contribution in [3.05, 3.63) is 52.5 Å². The molecule has 1 aliphatic rings. The quantitative estimate of drug-likeness (QED) is 0.458. The summed E-state index contributed by atoms with van der Waals surface area (Å²) in [4.78, 5) is 19.0. The number of aromatic nitrogens is 2. The third kappa shape index (κ3) is 7.12. The molecule has 1 amide bonds. The van der Waals surface area contributed by atoms with E-state index in [1.165, 1.54) is 0 Å². The van der Waals surface area contributed by atoms with Gasteiger partial charge in [-0.3, -0.25) is 9.69 Å². The van der Waals surface area contributed by atoms with E-state index in [2.05, 4.69) is 27.4 Å². The molecule has 176 valence electrons. The maximum atomic E-state index is 12.3. The van der Waals surface area contributed by atoms with Crippen molar-refractivity contribution < 1.29 is 18.8 Å². The highest BCUT2D eigenvalue weighted by Crippen LogP contribution is 2.19. The Morgan fingerprint density at radius 3 is 3.00 bits per heavy atom. The van der Waals surface area contributed by atoms with Gasteiger partial charge in [0.05, 0.1) is 0 Å². The summed E-state index contributed by atoms with van der Waals surface area (Å²) in [6.07, 6.45) is 2.86. The van der Waals surface area contributed by atoms with Gasteiger partial charge in [-0.2, -0.15) is 16.3 Å². The van der Waals surface area contributed by atoms with E-state index in [9.17, 15) is 4.79 Å². The first-order valence-corrected chi connectivity index (χ1v) is 12.2. The van der Waals surface area contributed by atoms with E-state index in [1.807, 2.05) is 41.1 Å². The van der Waals surface area contributed by atoms with Crippen LogP contribution in [0, 0.1) is 0 Å². The zero-order valence-electron chi connectivity index (χ0n) is 18.9. The molecule has 3 aromatic rings. The number of carbonyl (C=O) groups is 1. The molecule has 3 heterocycles. The van der Waals surface area contributed by atoms with Gasteiger partial charge in [0.15, 0.2) is 0 Å². The fourth-order valence-corrected chi connectivity index (χ4v) is 4.37. The highest BCUT2D eigenvalue weighted by atomic mass is 32.1. The molecule has 1 aliphatic heterocycles. The zero-order valence-corrected chi connectivity index (χ0v) is 19.7. The van der Waals surface area contributed by atoms with E-state index in [-0.39, 0.29) is 5.91 Å². The van der Waals surface area contributed by atoms with Gasteiger partial charge in [-0.05, 0) is 49.0 Å². The average molecular weight is 471 g/mol. The van der Waals surface area contributed by atoms with Crippen LogP contribution in [0.5, 0.6) is 5.75 Å². The van der Waals surface area contributed by atoms with Crippen LogP contribution < -0.4 is 10.1 Å². The molecule has 1 N–H and O–H groups in total. The van der Waals surface area contributed by atoms with Crippen LogP contribution in [0.15, 0.2) is 45.6 Å². The van der Waals surface area contributed by atoms with Crippen molar-refractivity contribution in [1.82, 2.24) is 20.4 Å². The van der Waals surface area contributed by atoms with Crippen molar-refractivity contribution >= 4 is 17.2 Å². The van der Waals surface area contributed by atoms with Crippen LogP contribution >= 0.6 is 11.3 Å². The Balaban J connectivity index is 1.16. The average Bonchev–Trinajstić information content (AvgIpc) is 3.54. The molecule has 1 fully saturated rings. The summed E-state index contributed by atoms with van der Waals surface area (Å²) >= 11 is 1.58. The molecule has 1 saturated heterocycles. The summed E-state index contributed by atoms with van der Waals surface area (Å²) < 4.78 is 16.6. The van der Waals surface area contributed by atoms with Crippen LogP contribution in [-0.2, 0) is 22.5 Å². The number of nitrogens with one attached hydrogen (secondary N) is 1. The highest BCUT2D eigenvalue weighted by Gasteiger charge is 2.18. The van der Waals surface area contributed by atoms with Crippen molar-refractivity contribution in [2.75, 3.05) is 33.4 Å². The molecule has 4 rings (SSSR count). The number of likely N-dealkylation sites (N-methyl/N-ethyl adjacent to an activating group) is 1. The zero-order chi connectivity index (χ0) is 22.9. The minimum atomic E-state index is -0.0605. The van der Waals surface area contributed by atoms with Crippen LogP contribution in [0.4, 0.5) is 0 Å². The highest BCUT2D eigenvalue weighted by molar-refractivity contribution is 7.08. The van der Waals surface area contributed by atoms with Crippen molar-refractivity contribution in [3.8, 4) is 17.1 Å². The third-order valence-corrected chi connectivity index (χ3v) is 6.41. The Kier molecular flexibility index (Phi) is 8.46. The van der Waals surface area contributed by atoms with E-state index in [0.29, 0.717) is 43.8 Å². The molecule has 2 aromatic heterocycles. The number of rotatable bonds is 11. The summed E-state index contributed by atoms with van der Waals surface area (Å²) in [5, 5.41) is 10.8. The van der Waals surface area contributed by atoms with Crippen molar-refractivity contribution in [1.29, 1.82) is 0 Å². The standard InChI is InChI=1S/C24H30N4O4S/c1-28(20-7-11-30-12-8-20)10-13-31-21-4-2-3-18(15-21)16-25-22(29)5-6-23-26-24(27-32-23)19-9-14-33-17-19/h2-4,9,14-15,17,20H,5-8,10-13,16H2,1H3,(H,25,29). The lowest BCUT2D eigenvalue weighted by atomic mass is 10.1. The smallest absolute Gasteiger partial charge is 0.227 e. The van der Waals surface area contributed by atoms with Crippen LogP contribution in [0.1, 0.15) is 30.7 Å². The Bertz CT molecular complexity index is 1000. The first kappa shape index (κ1) is 23.4. The summed E-state index contributed by atoms with van der Waals surface area (Å²) in [5.41, 5.74) is 1.92. The molecule has 8 nitrogen and oxygen atoms in total.